The lowest BCUT2D eigenvalue weighted by atomic mass is 10.1. The van der Waals surface area contributed by atoms with Crippen LogP contribution in [0.1, 0.15) is 5.56 Å². The Hall–Kier alpha value is -1.95. The van der Waals surface area contributed by atoms with E-state index >= 15 is 0 Å². The topological polar surface area (TPSA) is 82.1 Å². The molecule has 0 aliphatic rings. The van der Waals surface area contributed by atoms with Crippen molar-refractivity contribution in [2.45, 2.75) is 6.92 Å². The minimum atomic E-state index is -0.507. The van der Waals surface area contributed by atoms with Gasteiger partial charge in [0.2, 0.25) is 0 Å². The van der Waals surface area contributed by atoms with E-state index in [9.17, 15) is 10.1 Å². The molecule has 0 N–H and O–H groups in total. The average molecular weight is 240 g/mol. The highest BCUT2D eigenvalue weighted by Crippen LogP contribution is 2.30. The lowest BCUT2D eigenvalue weighted by Gasteiger charge is -1.99. The third-order valence-corrected chi connectivity index (χ3v) is 2.13. The molecule has 0 aliphatic carbocycles. The van der Waals surface area contributed by atoms with Gasteiger partial charge < -0.3 is 4.42 Å². The highest BCUT2D eigenvalue weighted by molar-refractivity contribution is 6.27. The summed E-state index contributed by atoms with van der Waals surface area (Å²) in [6.07, 6.45) is 0. The first-order valence-electron chi connectivity index (χ1n) is 4.32. The minimum absolute atomic E-state index is 0.0420. The van der Waals surface area contributed by atoms with Crippen molar-refractivity contribution in [3.8, 4) is 11.5 Å². The highest BCUT2D eigenvalue weighted by Gasteiger charge is 2.19. The Bertz CT molecular complexity index is 553. The largest absolute Gasteiger partial charge is 0.407 e. The van der Waals surface area contributed by atoms with Gasteiger partial charge in [-0.05, 0) is 30.2 Å². The number of hydrogen-bond acceptors (Lipinski definition) is 5. The summed E-state index contributed by atoms with van der Waals surface area (Å²) in [5, 5.41) is 17.7. The fourth-order valence-electron chi connectivity index (χ4n) is 1.29. The van der Waals surface area contributed by atoms with Crippen molar-refractivity contribution in [2.24, 2.45) is 0 Å². The van der Waals surface area contributed by atoms with Gasteiger partial charge in [0.25, 0.3) is 11.6 Å². The van der Waals surface area contributed by atoms with E-state index in [1.54, 1.807) is 12.1 Å². The van der Waals surface area contributed by atoms with Crippen LogP contribution in [0, 0.1) is 17.0 Å². The van der Waals surface area contributed by atoms with E-state index in [-0.39, 0.29) is 22.5 Å². The molecule has 0 unspecified atom stereocenters. The Balaban J connectivity index is 2.62. The molecule has 1 heterocycles. The quantitative estimate of drug-likeness (QED) is 0.594. The number of aromatic nitrogens is 2. The highest BCUT2D eigenvalue weighted by atomic mass is 35.5. The second kappa shape index (κ2) is 3.90. The smallest absolute Gasteiger partial charge is 0.313 e. The summed E-state index contributed by atoms with van der Waals surface area (Å²) in [5.74, 6) is 0.0420. The van der Waals surface area contributed by atoms with Gasteiger partial charge in [0.05, 0.1) is 4.92 Å². The summed E-state index contributed by atoms with van der Waals surface area (Å²) in [5.41, 5.74) is 1.03. The number of benzene rings is 1. The number of rotatable bonds is 2. The van der Waals surface area contributed by atoms with Crippen molar-refractivity contribution in [1.82, 2.24) is 10.2 Å². The zero-order valence-electron chi connectivity index (χ0n) is 8.18. The number of halogens is 1. The van der Waals surface area contributed by atoms with Crippen LogP contribution in [-0.2, 0) is 0 Å². The molecule has 0 saturated heterocycles. The zero-order valence-corrected chi connectivity index (χ0v) is 8.93. The van der Waals surface area contributed by atoms with Crippen LogP contribution in [0.25, 0.3) is 11.5 Å². The van der Waals surface area contributed by atoms with Crippen LogP contribution < -0.4 is 0 Å². The molecule has 0 spiro atoms. The summed E-state index contributed by atoms with van der Waals surface area (Å²) >= 11 is 5.47. The number of hydrogen-bond donors (Lipinski definition) is 0. The van der Waals surface area contributed by atoms with Crippen molar-refractivity contribution in [3.63, 3.8) is 0 Å². The Morgan fingerprint density at radius 1 is 1.44 bits per heavy atom. The molecule has 16 heavy (non-hydrogen) atoms. The molecule has 0 atom stereocenters. The van der Waals surface area contributed by atoms with Crippen LogP contribution in [0.4, 0.5) is 5.69 Å². The summed E-state index contributed by atoms with van der Waals surface area (Å²) in [4.78, 5) is 10.3. The van der Waals surface area contributed by atoms with Crippen LogP contribution in [0.2, 0.25) is 5.35 Å². The number of nitrogens with zero attached hydrogens (tertiary/aromatic N) is 3. The second-order valence-corrected chi connectivity index (χ2v) is 3.46. The Morgan fingerprint density at radius 3 is 2.75 bits per heavy atom. The normalized spacial score (nSPS) is 10.4. The fraction of sp³-hybridized carbons (Fsp3) is 0.111. The summed E-state index contributed by atoms with van der Waals surface area (Å²) in [6, 6.07) is 4.63. The van der Waals surface area contributed by atoms with Gasteiger partial charge in [-0.25, -0.2) is 0 Å². The predicted molar refractivity (Wildman–Crippen MR) is 56.1 cm³/mol. The molecule has 6 nitrogen and oxygen atoms in total. The first kappa shape index (κ1) is 10.6. The molecule has 0 amide bonds. The zero-order chi connectivity index (χ0) is 11.7. The maximum Gasteiger partial charge on any atom is 0.313 e. The molecule has 1 aromatic carbocycles. The van der Waals surface area contributed by atoms with Gasteiger partial charge in [-0.2, -0.15) is 0 Å². The molecule has 0 saturated carbocycles. The summed E-state index contributed by atoms with van der Waals surface area (Å²) in [6.45, 7) is 1.81. The van der Waals surface area contributed by atoms with Gasteiger partial charge >= 0.3 is 5.35 Å². The lowest BCUT2D eigenvalue weighted by Crippen LogP contribution is -1.92. The van der Waals surface area contributed by atoms with E-state index < -0.39 is 4.92 Å². The van der Waals surface area contributed by atoms with Crippen molar-refractivity contribution in [2.75, 3.05) is 0 Å². The van der Waals surface area contributed by atoms with Gasteiger partial charge in [-0.15, -0.1) is 5.10 Å². The predicted octanol–water partition coefficient (Wildman–Crippen LogP) is 2.61. The molecular weight excluding hydrogens is 234 g/mol. The Morgan fingerprint density at radius 2 is 2.19 bits per heavy atom. The molecule has 1 aromatic heterocycles. The molecule has 0 fully saturated rings. The summed E-state index contributed by atoms with van der Waals surface area (Å²) in [7, 11) is 0. The van der Waals surface area contributed by atoms with Gasteiger partial charge in [0.1, 0.15) is 5.56 Å². The third kappa shape index (κ3) is 1.87. The summed E-state index contributed by atoms with van der Waals surface area (Å²) < 4.78 is 4.95. The van der Waals surface area contributed by atoms with E-state index in [4.69, 9.17) is 16.0 Å². The van der Waals surface area contributed by atoms with Gasteiger partial charge in [-0.3, -0.25) is 10.1 Å². The fourth-order valence-corrected chi connectivity index (χ4v) is 1.41. The molecule has 2 aromatic rings. The lowest BCUT2D eigenvalue weighted by molar-refractivity contribution is -0.384. The third-order valence-electron chi connectivity index (χ3n) is 1.98. The molecule has 0 bridgehead atoms. The van der Waals surface area contributed by atoms with E-state index in [0.717, 1.165) is 5.56 Å². The number of nitro benzene ring substituents is 1. The molecule has 82 valence electrons. The monoisotopic (exact) mass is 239 g/mol. The van der Waals surface area contributed by atoms with Gasteiger partial charge in [0, 0.05) is 6.07 Å². The van der Waals surface area contributed by atoms with Gasteiger partial charge in [-0.1, -0.05) is 11.2 Å². The van der Waals surface area contributed by atoms with Crippen LogP contribution in [0.5, 0.6) is 0 Å². The molecule has 0 radical (unpaired) electrons. The molecule has 2 rings (SSSR count). The van der Waals surface area contributed by atoms with E-state index in [1.165, 1.54) is 6.07 Å². The number of aryl methyl sites for hydroxylation is 1. The molecule has 0 aliphatic heterocycles. The van der Waals surface area contributed by atoms with E-state index in [2.05, 4.69) is 10.2 Å². The standard InChI is InChI=1S/C9H6ClN3O3/c1-5-2-3-7(13(14)15)6(4-5)8-11-12-9(10)16-8/h2-4H,1H3. The maximum atomic E-state index is 10.8. The number of nitro groups is 1. The SMILES string of the molecule is Cc1ccc([N+](=O)[O-])c(-c2nnc(Cl)o2)c1. The minimum Gasteiger partial charge on any atom is -0.407 e. The van der Waals surface area contributed by atoms with Crippen LogP contribution in [0.15, 0.2) is 22.6 Å². The van der Waals surface area contributed by atoms with E-state index in [1.807, 2.05) is 6.92 Å². The Kier molecular flexibility index (Phi) is 2.57. The van der Waals surface area contributed by atoms with Crippen molar-refractivity contribution >= 4 is 17.3 Å². The maximum absolute atomic E-state index is 10.8. The first-order chi connectivity index (χ1) is 7.58. The molecule has 7 heteroatoms. The van der Waals surface area contributed by atoms with Crippen LogP contribution in [-0.4, -0.2) is 15.1 Å². The average Bonchev–Trinajstić information content (AvgIpc) is 2.64. The first-order valence-corrected chi connectivity index (χ1v) is 4.70. The van der Waals surface area contributed by atoms with Gasteiger partial charge in [0.15, 0.2) is 0 Å². The second-order valence-electron chi connectivity index (χ2n) is 3.14. The van der Waals surface area contributed by atoms with Crippen molar-refractivity contribution in [1.29, 1.82) is 0 Å². The van der Waals surface area contributed by atoms with E-state index in [0.29, 0.717) is 0 Å². The van der Waals surface area contributed by atoms with Crippen molar-refractivity contribution in [3.05, 3.63) is 39.2 Å². The Labute approximate surface area is 95.0 Å². The molecular formula is C9H6ClN3O3. The van der Waals surface area contributed by atoms with Crippen molar-refractivity contribution < 1.29 is 9.34 Å². The van der Waals surface area contributed by atoms with Crippen LogP contribution in [0.3, 0.4) is 0 Å². The van der Waals surface area contributed by atoms with Crippen LogP contribution >= 0.6 is 11.6 Å².